The number of methoxy groups -OCH3 is 1. The molecule has 1 N–H and O–H groups in total. The number of amides is 1. The van der Waals surface area contributed by atoms with Crippen LogP contribution in [0.5, 0.6) is 5.75 Å². The topological polar surface area (TPSA) is 44.8 Å². The number of halogens is 3. The van der Waals surface area contributed by atoms with Crippen LogP contribution < -0.4 is 19.9 Å². The number of para-hydroxylation sites is 2. The highest BCUT2D eigenvalue weighted by molar-refractivity contribution is 5.83. The van der Waals surface area contributed by atoms with Crippen molar-refractivity contribution in [1.82, 2.24) is 5.32 Å². The van der Waals surface area contributed by atoms with Gasteiger partial charge in [-0.3, -0.25) is 4.79 Å². The van der Waals surface area contributed by atoms with Gasteiger partial charge in [-0.1, -0.05) is 42.5 Å². The van der Waals surface area contributed by atoms with E-state index in [0.29, 0.717) is 25.2 Å². The fourth-order valence-electron chi connectivity index (χ4n) is 5.55. The van der Waals surface area contributed by atoms with Gasteiger partial charge in [-0.2, -0.15) is 13.2 Å². The molecule has 1 saturated heterocycles. The van der Waals surface area contributed by atoms with Gasteiger partial charge in [0.15, 0.2) is 0 Å². The first-order valence-electron chi connectivity index (χ1n) is 12.5. The van der Waals surface area contributed by atoms with Crippen LogP contribution in [0.15, 0.2) is 72.8 Å². The molecule has 0 aromatic heterocycles. The second kappa shape index (κ2) is 10.00. The van der Waals surface area contributed by atoms with Gasteiger partial charge in [0, 0.05) is 25.3 Å². The van der Waals surface area contributed by atoms with Gasteiger partial charge in [0.05, 0.1) is 36.4 Å². The average molecular weight is 510 g/mol. The van der Waals surface area contributed by atoms with Crippen molar-refractivity contribution >= 4 is 17.3 Å². The van der Waals surface area contributed by atoms with Gasteiger partial charge in [0.1, 0.15) is 5.75 Å². The van der Waals surface area contributed by atoms with Crippen molar-refractivity contribution in [3.05, 3.63) is 89.5 Å². The number of ether oxygens (including phenoxy) is 1. The molecule has 0 aliphatic carbocycles. The summed E-state index contributed by atoms with van der Waals surface area (Å²) in [7, 11) is 1.63. The van der Waals surface area contributed by atoms with E-state index in [1.807, 2.05) is 61.5 Å². The summed E-state index contributed by atoms with van der Waals surface area (Å²) < 4.78 is 46.1. The monoisotopic (exact) mass is 509 g/mol. The van der Waals surface area contributed by atoms with Crippen molar-refractivity contribution in [2.45, 2.75) is 31.6 Å². The van der Waals surface area contributed by atoms with Crippen LogP contribution in [-0.4, -0.2) is 38.7 Å². The van der Waals surface area contributed by atoms with E-state index in [1.54, 1.807) is 13.2 Å². The summed E-state index contributed by atoms with van der Waals surface area (Å²) in [4.78, 5) is 18.0. The number of nitrogens with one attached hydrogen (secondary N) is 1. The number of hydrogen-bond donors (Lipinski definition) is 1. The molecule has 0 bridgehead atoms. The Morgan fingerprint density at radius 3 is 2.46 bits per heavy atom. The summed E-state index contributed by atoms with van der Waals surface area (Å²) in [6.07, 6.45) is -4.19. The minimum atomic E-state index is -4.44. The van der Waals surface area contributed by atoms with Crippen LogP contribution in [0.1, 0.15) is 29.7 Å². The summed E-state index contributed by atoms with van der Waals surface area (Å²) in [5.74, 6) is 0.0802. The van der Waals surface area contributed by atoms with E-state index in [4.69, 9.17) is 4.74 Å². The molecule has 37 heavy (non-hydrogen) atoms. The molecule has 5 nitrogen and oxygen atoms in total. The van der Waals surface area contributed by atoms with Crippen LogP contribution in [0, 0.1) is 5.92 Å². The molecule has 3 aromatic rings. The first-order valence-corrected chi connectivity index (χ1v) is 12.5. The molecule has 8 heteroatoms. The summed E-state index contributed by atoms with van der Waals surface area (Å²) in [5.41, 5.74) is 2.57. The highest BCUT2D eigenvalue weighted by Crippen LogP contribution is 2.41. The minimum absolute atomic E-state index is 0.156. The maximum atomic E-state index is 13.7. The number of carbonyl (C=O) groups excluding carboxylic acids is 1. The fourth-order valence-corrected chi connectivity index (χ4v) is 5.55. The quantitative estimate of drug-likeness (QED) is 0.496. The van der Waals surface area contributed by atoms with Crippen LogP contribution in [0.25, 0.3) is 0 Å². The molecule has 3 atom stereocenters. The zero-order chi connectivity index (χ0) is 26.2. The van der Waals surface area contributed by atoms with E-state index in [0.717, 1.165) is 28.8 Å². The predicted molar refractivity (Wildman–Crippen MR) is 138 cm³/mol. The third-order valence-corrected chi connectivity index (χ3v) is 7.46. The number of carbonyl (C=O) groups is 1. The molecule has 2 aliphatic heterocycles. The van der Waals surface area contributed by atoms with Gasteiger partial charge in [0.2, 0.25) is 5.91 Å². The Balaban J connectivity index is 1.48. The van der Waals surface area contributed by atoms with Crippen LogP contribution in [0.4, 0.5) is 24.5 Å². The summed E-state index contributed by atoms with van der Waals surface area (Å²) >= 11 is 0. The number of rotatable bonds is 5. The van der Waals surface area contributed by atoms with E-state index >= 15 is 0 Å². The zero-order valence-corrected chi connectivity index (χ0v) is 20.8. The number of hydrogen-bond acceptors (Lipinski definition) is 4. The number of fused-ring (bicyclic) bond motifs is 3. The van der Waals surface area contributed by atoms with Crippen LogP contribution >= 0.6 is 0 Å². The second-order valence-corrected chi connectivity index (χ2v) is 9.67. The molecule has 0 spiro atoms. The van der Waals surface area contributed by atoms with Crippen LogP contribution in [0.2, 0.25) is 0 Å². The van der Waals surface area contributed by atoms with Gasteiger partial charge >= 0.3 is 6.18 Å². The lowest BCUT2D eigenvalue weighted by Crippen LogP contribution is -2.61. The van der Waals surface area contributed by atoms with Crippen molar-refractivity contribution in [1.29, 1.82) is 0 Å². The lowest BCUT2D eigenvalue weighted by atomic mass is 9.82. The lowest BCUT2D eigenvalue weighted by molar-refractivity contribution is -0.137. The van der Waals surface area contributed by atoms with Gasteiger partial charge in [-0.15, -0.1) is 0 Å². The zero-order valence-electron chi connectivity index (χ0n) is 20.8. The second-order valence-electron chi connectivity index (χ2n) is 9.67. The Morgan fingerprint density at radius 1 is 1.00 bits per heavy atom. The van der Waals surface area contributed by atoms with Gasteiger partial charge in [0.25, 0.3) is 0 Å². The SMILES string of the molecule is COc1ccccc1N1CCN2c3ccc(C(F)(F)F)cc3CC(C(=O)NC(C)c3ccccc3)C2C1. The van der Waals surface area contributed by atoms with E-state index in [2.05, 4.69) is 15.1 Å². The number of alkyl halides is 3. The van der Waals surface area contributed by atoms with Gasteiger partial charge in [-0.05, 0) is 54.8 Å². The molecular formula is C29H30F3N3O2. The largest absolute Gasteiger partial charge is 0.495 e. The molecule has 5 rings (SSSR count). The summed E-state index contributed by atoms with van der Waals surface area (Å²) in [5, 5.41) is 3.12. The Kier molecular flexibility index (Phi) is 6.75. The molecule has 3 aromatic carbocycles. The molecule has 1 fully saturated rings. The summed E-state index contributed by atoms with van der Waals surface area (Å²) in [6.45, 7) is 3.72. The molecule has 0 radical (unpaired) electrons. The fraction of sp³-hybridized carbons (Fsp3) is 0.345. The standard InChI is InChI=1S/C29H30F3N3O2/c1-19(20-8-4-3-5-9-20)33-28(36)23-17-21-16-22(29(30,31)32)12-13-24(21)35-15-14-34(18-26(23)35)25-10-6-7-11-27(25)37-2/h3-13,16,19,23,26H,14-15,17-18H2,1-2H3,(H,33,36). The normalized spacial score (nSPS) is 20.0. The van der Waals surface area contributed by atoms with Crippen molar-refractivity contribution < 1.29 is 22.7 Å². The van der Waals surface area contributed by atoms with Crippen molar-refractivity contribution in [3.8, 4) is 5.75 Å². The number of nitrogens with zero attached hydrogens (tertiary/aromatic N) is 2. The Hall–Kier alpha value is -3.68. The molecule has 2 aliphatic rings. The van der Waals surface area contributed by atoms with E-state index in [9.17, 15) is 18.0 Å². The lowest BCUT2D eigenvalue weighted by Gasteiger charge is -2.50. The van der Waals surface area contributed by atoms with Crippen molar-refractivity contribution in [3.63, 3.8) is 0 Å². The van der Waals surface area contributed by atoms with E-state index in [1.165, 1.54) is 6.07 Å². The van der Waals surface area contributed by atoms with Gasteiger partial charge in [-0.25, -0.2) is 0 Å². The van der Waals surface area contributed by atoms with Crippen LogP contribution in [0.3, 0.4) is 0 Å². The number of benzene rings is 3. The predicted octanol–water partition coefficient (Wildman–Crippen LogP) is 5.46. The Bertz CT molecular complexity index is 1260. The molecule has 2 heterocycles. The van der Waals surface area contributed by atoms with Crippen molar-refractivity contribution in [2.24, 2.45) is 5.92 Å². The smallest absolute Gasteiger partial charge is 0.416 e. The third kappa shape index (κ3) is 4.97. The molecule has 0 saturated carbocycles. The average Bonchev–Trinajstić information content (AvgIpc) is 2.91. The first kappa shape index (κ1) is 25.0. The first-order chi connectivity index (χ1) is 17.8. The molecular weight excluding hydrogens is 479 g/mol. The Labute approximate surface area is 214 Å². The summed E-state index contributed by atoms with van der Waals surface area (Å²) in [6, 6.07) is 20.9. The minimum Gasteiger partial charge on any atom is -0.495 e. The highest BCUT2D eigenvalue weighted by Gasteiger charge is 2.43. The van der Waals surface area contributed by atoms with Crippen LogP contribution in [-0.2, 0) is 17.4 Å². The molecule has 3 unspecified atom stereocenters. The maximum Gasteiger partial charge on any atom is 0.416 e. The third-order valence-electron chi connectivity index (χ3n) is 7.46. The van der Waals surface area contributed by atoms with E-state index in [-0.39, 0.29) is 24.4 Å². The van der Waals surface area contributed by atoms with Gasteiger partial charge < -0.3 is 19.9 Å². The number of piperazine rings is 1. The Morgan fingerprint density at radius 2 is 1.73 bits per heavy atom. The molecule has 1 amide bonds. The number of anilines is 2. The van der Waals surface area contributed by atoms with Crippen molar-refractivity contribution in [2.75, 3.05) is 36.5 Å². The molecule has 194 valence electrons. The maximum absolute atomic E-state index is 13.7. The van der Waals surface area contributed by atoms with E-state index < -0.39 is 17.7 Å². The highest BCUT2D eigenvalue weighted by atomic mass is 19.4.